The van der Waals surface area contributed by atoms with Gasteiger partial charge in [-0.15, -0.1) is 21.5 Å². The molecule has 6 rings (SSSR count). The minimum Gasteiger partial charge on any atom is -0.461 e. The molecule has 6 aromatic rings. The van der Waals surface area contributed by atoms with Crippen molar-refractivity contribution >= 4 is 68.1 Å². The number of thiazole rings is 1. The number of amides is 1. The number of nitrogens with zero attached hydrogens (tertiary/aromatic N) is 4. The lowest BCUT2D eigenvalue weighted by atomic mass is 10.1. The fourth-order valence-corrected chi connectivity index (χ4v) is 5.96. The van der Waals surface area contributed by atoms with Crippen molar-refractivity contribution in [1.29, 1.82) is 0 Å². The minimum atomic E-state index is -0.217. The van der Waals surface area contributed by atoms with Crippen LogP contribution in [0.3, 0.4) is 0 Å². The molecule has 11 heteroatoms. The number of furan rings is 1. The third kappa shape index (κ3) is 4.93. The number of anilines is 1. The van der Waals surface area contributed by atoms with E-state index in [1.807, 2.05) is 46.3 Å². The van der Waals surface area contributed by atoms with Gasteiger partial charge < -0.3 is 9.73 Å². The number of carbonyl (C=O) groups is 1. The molecule has 0 saturated heterocycles. The summed E-state index contributed by atoms with van der Waals surface area (Å²) in [6, 6.07) is 23.0. The summed E-state index contributed by atoms with van der Waals surface area (Å²) >= 11 is 14.9. The molecule has 0 atom stereocenters. The van der Waals surface area contributed by atoms with Crippen LogP contribution in [-0.4, -0.2) is 31.4 Å². The van der Waals surface area contributed by atoms with E-state index in [-0.39, 0.29) is 11.7 Å². The van der Waals surface area contributed by atoms with E-state index in [0.29, 0.717) is 37.6 Å². The van der Waals surface area contributed by atoms with E-state index >= 15 is 0 Å². The Bertz CT molecular complexity index is 1760. The van der Waals surface area contributed by atoms with E-state index in [9.17, 15) is 4.79 Å². The van der Waals surface area contributed by atoms with Crippen molar-refractivity contribution in [3.63, 3.8) is 0 Å². The first kappa shape index (κ1) is 24.7. The van der Waals surface area contributed by atoms with E-state index in [0.717, 1.165) is 22.0 Å². The van der Waals surface area contributed by atoms with E-state index in [1.165, 1.54) is 23.1 Å². The SMILES string of the molecule is O=C(CSc1nnc(-c2ccco2)n1-c1cccc2ccccc12)Nc1nc(-c2ccc(Cl)cc2Cl)cs1. The molecule has 0 aliphatic heterocycles. The standard InChI is InChI=1S/C27H17Cl2N5O2S2/c28-17-10-11-19(20(29)13-17)21-14-37-26(30-21)31-24(35)15-38-27-33-32-25(23-9-4-12-36-23)34(27)22-8-3-6-16-5-1-2-7-18(16)22/h1-14H,15H2,(H,30,31,35). The molecule has 0 radical (unpaired) electrons. The molecule has 3 heterocycles. The number of fused-ring (bicyclic) bond motifs is 1. The summed E-state index contributed by atoms with van der Waals surface area (Å²) in [5, 5.41) is 17.7. The number of aromatic nitrogens is 4. The lowest BCUT2D eigenvalue weighted by Gasteiger charge is -2.12. The maximum atomic E-state index is 12.9. The van der Waals surface area contributed by atoms with Crippen LogP contribution in [0.25, 0.3) is 39.3 Å². The summed E-state index contributed by atoms with van der Waals surface area (Å²) < 4.78 is 7.55. The lowest BCUT2D eigenvalue weighted by molar-refractivity contribution is -0.113. The zero-order chi connectivity index (χ0) is 26.1. The summed E-state index contributed by atoms with van der Waals surface area (Å²) in [7, 11) is 0. The van der Waals surface area contributed by atoms with Crippen LogP contribution < -0.4 is 5.32 Å². The van der Waals surface area contributed by atoms with Crippen LogP contribution in [-0.2, 0) is 4.79 Å². The molecule has 7 nitrogen and oxygen atoms in total. The maximum absolute atomic E-state index is 12.9. The van der Waals surface area contributed by atoms with E-state index in [2.05, 4.69) is 32.6 Å². The van der Waals surface area contributed by atoms with Crippen molar-refractivity contribution < 1.29 is 9.21 Å². The summed E-state index contributed by atoms with van der Waals surface area (Å²) in [5.41, 5.74) is 2.31. The highest BCUT2D eigenvalue weighted by molar-refractivity contribution is 7.99. The van der Waals surface area contributed by atoms with Gasteiger partial charge in [-0.3, -0.25) is 9.36 Å². The average molecular weight is 579 g/mol. The third-order valence-electron chi connectivity index (χ3n) is 5.67. The van der Waals surface area contributed by atoms with Gasteiger partial charge in [-0.05, 0) is 41.8 Å². The highest BCUT2D eigenvalue weighted by atomic mass is 35.5. The smallest absolute Gasteiger partial charge is 0.236 e. The Morgan fingerprint density at radius 2 is 1.89 bits per heavy atom. The monoisotopic (exact) mass is 577 g/mol. The molecule has 0 saturated carbocycles. The van der Waals surface area contributed by atoms with Gasteiger partial charge in [-0.25, -0.2) is 4.98 Å². The van der Waals surface area contributed by atoms with Gasteiger partial charge in [-0.2, -0.15) is 0 Å². The first-order chi connectivity index (χ1) is 18.6. The van der Waals surface area contributed by atoms with Crippen LogP contribution in [0.2, 0.25) is 10.0 Å². The Labute approximate surface area is 235 Å². The Balaban J connectivity index is 1.25. The highest BCUT2D eigenvalue weighted by Gasteiger charge is 2.21. The summed E-state index contributed by atoms with van der Waals surface area (Å²) in [5.74, 6) is 1.03. The number of hydrogen-bond donors (Lipinski definition) is 1. The molecular formula is C27H17Cl2N5O2S2. The summed E-state index contributed by atoms with van der Waals surface area (Å²) in [4.78, 5) is 17.4. The van der Waals surface area contributed by atoms with Gasteiger partial charge in [0.05, 0.1) is 28.4 Å². The molecule has 0 spiro atoms. The summed E-state index contributed by atoms with van der Waals surface area (Å²) in [6.07, 6.45) is 1.59. The van der Waals surface area contributed by atoms with Gasteiger partial charge in [0.15, 0.2) is 16.0 Å². The predicted octanol–water partition coefficient (Wildman–Crippen LogP) is 7.84. The van der Waals surface area contributed by atoms with Crippen LogP contribution in [0.4, 0.5) is 5.13 Å². The molecule has 3 aromatic heterocycles. The molecule has 0 unspecified atom stereocenters. The zero-order valence-corrected chi connectivity index (χ0v) is 22.6. The van der Waals surface area contributed by atoms with E-state index in [4.69, 9.17) is 27.6 Å². The molecule has 0 bridgehead atoms. The molecule has 3 aromatic carbocycles. The number of rotatable bonds is 7. The molecule has 0 aliphatic rings. The van der Waals surface area contributed by atoms with Crippen molar-refractivity contribution in [2.45, 2.75) is 5.16 Å². The second kappa shape index (κ2) is 10.6. The molecule has 1 amide bonds. The van der Waals surface area contributed by atoms with E-state index < -0.39 is 0 Å². The minimum absolute atomic E-state index is 0.109. The number of nitrogens with one attached hydrogen (secondary N) is 1. The van der Waals surface area contributed by atoms with Crippen LogP contribution in [0, 0.1) is 0 Å². The van der Waals surface area contributed by atoms with Crippen molar-refractivity contribution in [2.24, 2.45) is 0 Å². The molecule has 38 heavy (non-hydrogen) atoms. The Morgan fingerprint density at radius 1 is 1.03 bits per heavy atom. The van der Waals surface area contributed by atoms with Crippen LogP contribution in [0.15, 0.2) is 94.0 Å². The van der Waals surface area contributed by atoms with Crippen molar-refractivity contribution in [3.8, 4) is 28.5 Å². The number of benzene rings is 3. The molecular weight excluding hydrogens is 561 g/mol. The molecule has 188 valence electrons. The lowest BCUT2D eigenvalue weighted by Crippen LogP contribution is -2.14. The first-order valence-corrected chi connectivity index (χ1v) is 14.0. The number of hydrogen-bond acceptors (Lipinski definition) is 7. The van der Waals surface area contributed by atoms with Crippen molar-refractivity contribution in [1.82, 2.24) is 19.7 Å². The molecule has 0 fully saturated rings. The predicted molar refractivity (Wildman–Crippen MR) is 153 cm³/mol. The number of thioether (sulfide) groups is 1. The van der Waals surface area contributed by atoms with Gasteiger partial charge >= 0.3 is 0 Å². The average Bonchev–Trinajstić information content (AvgIpc) is 3.68. The zero-order valence-electron chi connectivity index (χ0n) is 19.5. The Morgan fingerprint density at radius 3 is 2.74 bits per heavy atom. The fourth-order valence-electron chi connectivity index (χ4n) is 3.99. The van der Waals surface area contributed by atoms with Gasteiger partial charge in [0.2, 0.25) is 11.7 Å². The van der Waals surface area contributed by atoms with Gasteiger partial charge in [-0.1, -0.05) is 71.4 Å². The van der Waals surface area contributed by atoms with Crippen LogP contribution in [0.5, 0.6) is 0 Å². The second-order valence-electron chi connectivity index (χ2n) is 8.12. The van der Waals surface area contributed by atoms with Crippen molar-refractivity contribution in [3.05, 3.63) is 94.5 Å². The maximum Gasteiger partial charge on any atom is 0.236 e. The molecule has 1 N–H and O–H groups in total. The van der Waals surface area contributed by atoms with E-state index in [1.54, 1.807) is 30.5 Å². The van der Waals surface area contributed by atoms with Crippen LogP contribution in [0.1, 0.15) is 0 Å². The third-order valence-corrected chi connectivity index (χ3v) is 7.91. The normalized spacial score (nSPS) is 11.2. The van der Waals surface area contributed by atoms with Gasteiger partial charge in [0.25, 0.3) is 0 Å². The first-order valence-electron chi connectivity index (χ1n) is 11.4. The Hall–Kier alpha value is -3.63. The number of carbonyl (C=O) groups excluding carboxylic acids is 1. The van der Waals surface area contributed by atoms with Gasteiger partial charge in [0.1, 0.15) is 0 Å². The summed E-state index contributed by atoms with van der Waals surface area (Å²) in [6.45, 7) is 0. The molecule has 0 aliphatic carbocycles. The topological polar surface area (TPSA) is 85.8 Å². The largest absolute Gasteiger partial charge is 0.461 e. The highest BCUT2D eigenvalue weighted by Crippen LogP contribution is 2.34. The van der Waals surface area contributed by atoms with Gasteiger partial charge in [0, 0.05) is 21.4 Å². The van der Waals surface area contributed by atoms with Crippen molar-refractivity contribution in [2.75, 3.05) is 11.1 Å². The fraction of sp³-hybridized carbons (Fsp3) is 0.0370. The quantitative estimate of drug-likeness (QED) is 0.194. The second-order valence-corrected chi connectivity index (χ2v) is 10.8. The number of halogens is 2. The Kier molecular flexibility index (Phi) is 6.90. The van der Waals surface area contributed by atoms with Crippen LogP contribution >= 0.6 is 46.3 Å².